The van der Waals surface area contributed by atoms with Crippen LogP contribution in [0.2, 0.25) is 0 Å². The molecule has 0 aliphatic heterocycles. The molecule has 128 valence electrons. The van der Waals surface area contributed by atoms with Crippen LogP contribution >= 0.6 is 11.3 Å². The third-order valence-electron chi connectivity index (χ3n) is 5.30. The molecule has 0 radical (unpaired) electrons. The summed E-state index contributed by atoms with van der Waals surface area (Å²) in [5.74, 6) is 0.165. The smallest absolute Gasteiger partial charge is 0.117 e. The van der Waals surface area contributed by atoms with E-state index in [9.17, 15) is 5.11 Å². The average Bonchev–Trinajstić information content (AvgIpc) is 3.04. The largest absolute Gasteiger partial charge is 0.508 e. The van der Waals surface area contributed by atoms with Crippen molar-refractivity contribution in [2.24, 2.45) is 5.41 Å². The molecule has 2 nitrogen and oxygen atoms in total. The van der Waals surface area contributed by atoms with Crippen molar-refractivity contribution in [3.8, 4) is 10.4 Å². The van der Waals surface area contributed by atoms with Crippen molar-refractivity contribution in [3.05, 3.63) is 51.5 Å². The Hall–Kier alpha value is -2.26. The number of aromatic nitrogens is 1. The predicted molar refractivity (Wildman–Crippen MR) is 109 cm³/mol. The molecule has 1 aromatic carbocycles. The van der Waals surface area contributed by atoms with E-state index >= 15 is 0 Å². The fraction of sp³-hybridized carbons (Fsp3) is 0.273. The first kappa shape index (κ1) is 16.2. The molecule has 0 fully saturated rings. The van der Waals surface area contributed by atoms with Crippen LogP contribution in [0, 0.1) is 5.41 Å². The van der Waals surface area contributed by atoms with Crippen LogP contribution in [0.25, 0.3) is 40.1 Å². The third-order valence-corrected chi connectivity index (χ3v) is 6.63. The van der Waals surface area contributed by atoms with Crippen molar-refractivity contribution in [2.45, 2.75) is 33.1 Å². The zero-order valence-corrected chi connectivity index (χ0v) is 15.6. The first-order valence-corrected chi connectivity index (χ1v) is 9.42. The number of aliphatic hydroxyl groups excluding tert-OH is 1. The highest BCUT2D eigenvalue weighted by Gasteiger charge is 2.31. The van der Waals surface area contributed by atoms with Gasteiger partial charge in [0, 0.05) is 42.4 Å². The normalized spacial score (nSPS) is 16.1. The molecule has 2 aromatic heterocycles. The summed E-state index contributed by atoms with van der Waals surface area (Å²) in [6, 6.07) is 6.22. The molecule has 2 heterocycles. The lowest BCUT2D eigenvalue weighted by Gasteiger charge is -2.30. The Kier molecular flexibility index (Phi) is 3.48. The van der Waals surface area contributed by atoms with Crippen LogP contribution in [0.1, 0.15) is 36.3 Å². The number of hydrogen-bond acceptors (Lipinski definition) is 2. The van der Waals surface area contributed by atoms with Gasteiger partial charge in [0.05, 0.1) is 0 Å². The minimum atomic E-state index is 0.165. The molecule has 1 aliphatic carbocycles. The highest BCUT2D eigenvalue weighted by molar-refractivity contribution is 7.16. The summed E-state index contributed by atoms with van der Waals surface area (Å²) in [6.45, 7) is 16.7. The Morgan fingerprint density at radius 3 is 2.72 bits per heavy atom. The van der Waals surface area contributed by atoms with Crippen molar-refractivity contribution in [1.29, 1.82) is 0 Å². The van der Waals surface area contributed by atoms with Gasteiger partial charge in [0.25, 0.3) is 0 Å². The van der Waals surface area contributed by atoms with Gasteiger partial charge in [-0.05, 0) is 30.2 Å². The van der Waals surface area contributed by atoms with Gasteiger partial charge in [-0.15, -0.1) is 11.3 Å². The minimum Gasteiger partial charge on any atom is -0.508 e. The van der Waals surface area contributed by atoms with Crippen molar-refractivity contribution < 1.29 is 5.11 Å². The summed E-state index contributed by atoms with van der Waals surface area (Å²) in [6.07, 6.45) is 3.22. The van der Waals surface area contributed by atoms with Crippen LogP contribution < -0.4 is 10.7 Å². The second-order valence-electron chi connectivity index (χ2n) is 7.81. The van der Waals surface area contributed by atoms with Crippen LogP contribution in [0.5, 0.6) is 0 Å². The Labute approximate surface area is 151 Å². The molecule has 4 rings (SSSR count). The van der Waals surface area contributed by atoms with Crippen molar-refractivity contribution in [2.75, 3.05) is 0 Å². The van der Waals surface area contributed by atoms with E-state index in [1.54, 1.807) is 11.3 Å². The van der Waals surface area contributed by atoms with E-state index in [0.29, 0.717) is 0 Å². The standard InChI is InChI=1S/C22H23NOS/c1-12-15-7-6-8-16(19(15)13(2)23-12)21-20(14(3)24)17-11-22(4,5)10-9-18(17)25-21/h6-8,23-24H,1-3,9-11H2,4-5H3. The quantitative estimate of drug-likeness (QED) is 0.643. The number of H-pyrrole nitrogens is 1. The number of nitrogens with one attached hydrogen (secondary N) is 1. The number of aryl methyl sites for hydroxylation is 1. The van der Waals surface area contributed by atoms with E-state index in [1.165, 1.54) is 16.9 Å². The summed E-state index contributed by atoms with van der Waals surface area (Å²) in [7, 11) is 0. The Morgan fingerprint density at radius 1 is 1.24 bits per heavy atom. The summed E-state index contributed by atoms with van der Waals surface area (Å²) in [5, 5.41) is 14.3. The summed E-state index contributed by atoms with van der Waals surface area (Å²) in [4.78, 5) is 5.73. The summed E-state index contributed by atoms with van der Waals surface area (Å²) < 4.78 is 0. The fourth-order valence-corrected chi connectivity index (χ4v) is 5.42. The third kappa shape index (κ3) is 2.46. The fourth-order valence-electron chi connectivity index (χ4n) is 4.05. The van der Waals surface area contributed by atoms with E-state index in [4.69, 9.17) is 0 Å². The molecule has 3 heteroatoms. The molecular weight excluding hydrogens is 326 g/mol. The van der Waals surface area contributed by atoms with Crippen LogP contribution in [0.15, 0.2) is 24.8 Å². The Bertz CT molecular complexity index is 1110. The molecule has 0 spiro atoms. The SMILES string of the molecule is C=C(O)c1c(-c2cccc3c(=C)[nH]c(=C)c23)sc2c1CC(C)(C)CC2. The topological polar surface area (TPSA) is 36.0 Å². The maximum absolute atomic E-state index is 10.4. The monoisotopic (exact) mass is 349 g/mol. The van der Waals surface area contributed by atoms with Crippen molar-refractivity contribution in [1.82, 2.24) is 4.98 Å². The average molecular weight is 349 g/mol. The molecule has 2 N–H and O–H groups in total. The maximum Gasteiger partial charge on any atom is 0.117 e. The second-order valence-corrected chi connectivity index (χ2v) is 8.91. The zero-order chi connectivity index (χ0) is 17.9. The number of benzene rings is 1. The van der Waals surface area contributed by atoms with Gasteiger partial charge in [0.15, 0.2) is 0 Å². The van der Waals surface area contributed by atoms with E-state index in [-0.39, 0.29) is 11.2 Å². The molecule has 1 aliphatic rings. The van der Waals surface area contributed by atoms with E-state index < -0.39 is 0 Å². The Morgan fingerprint density at radius 2 is 2.00 bits per heavy atom. The molecule has 0 atom stereocenters. The first-order valence-electron chi connectivity index (χ1n) is 8.60. The van der Waals surface area contributed by atoms with Gasteiger partial charge in [0.2, 0.25) is 0 Å². The first-order chi connectivity index (χ1) is 11.8. The molecule has 0 saturated carbocycles. The number of fused-ring (bicyclic) bond motifs is 2. The second kappa shape index (κ2) is 5.37. The number of thiophene rings is 1. The molecular formula is C22H23NOS. The minimum absolute atomic E-state index is 0.165. The van der Waals surface area contributed by atoms with Gasteiger partial charge >= 0.3 is 0 Å². The number of aliphatic hydroxyl groups is 1. The number of rotatable bonds is 2. The maximum atomic E-state index is 10.4. The van der Waals surface area contributed by atoms with E-state index in [1.807, 2.05) is 6.07 Å². The lowest BCUT2D eigenvalue weighted by molar-refractivity contribution is 0.317. The lowest BCUT2D eigenvalue weighted by atomic mass is 9.75. The number of hydrogen-bond donors (Lipinski definition) is 2. The summed E-state index contributed by atoms with van der Waals surface area (Å²) in [5.41, 5.74) is 3.56. The summed E-state index contributed by atoms with van der Waals surface area (Å²) >= 11 is 1.79. The molecule has 3 aromatic rings. The molecule has 25 heavy (non-hydrogen) atoms. The number of aromatic amines is 1. The van der Waals surface area contributed by atoms with Crippen molar-refractivity contribution >= 4 is 41.0 Å². The van der Waals surface area contributed by atoms with E-state index in [2.05, 4.69) is 50.7 Å². The highest BCUT2D eigenvalue weighted by atomic mass is 32.1. The highest BCUT2D eigenvalue weighted by Crippen LogP contribution is 2.47. The van der Waals surface area contributed by atoms with Crippen molar-refractivity contribution in [3.63, 3.8) is 0 Å². The van der Waals surface area contributed by atoms with Gasteiger partial charge in [-0.3, -0.25) is 0 Å². The van der Waals surface area contributed by atoms with Crippen LogP contribution in [0.4, 0.5) is 0 Å². The van der Waals surface area contributed by atoms with Gasteiger partial charge in [-0.1, -0.05) is 51.8 Å². The Balaban J connectivity index is 2.06. The zero-order valence-electron chi connectivity index (χ0n) is 14.8. The molecule has 0 amide bonds. The van der Waals surface area contributed by atoms with Gasteiger partial charge in [0.1, 0.15) is 5.76 Å². The van der Waals surface area contributed by atoms with Crippen LogP contribution in [0.3, 0.4) is 0 Å². The van der Waals surface area contributed by atoms with Crippen LogP contribution in [-0.4, -0.2) is 10.1 Å². The molecule has 0 unspecified atom stereocenters. The lowest BCUT2D eigenvalue weighted by Crippen LogP contribution is -2.21. The molecule has 0 bridgehead atoms. The van der Waals surface area contributed by atoms with Gasteiger partial charge < -0.3 is 10.1 Å². The van der Waals surface area contributed by atoms with Crippen LogP contribution in [-0.2, 0) is 12.8 Å². The van der Waals surface area contributed by atoms with E-state index in [0.717, 1.165) is 50.3 Å². The van der Waals surface area contributed by atoms with Gasteiger partial charge in [-0.2, -0.15) is 0 Å². The molecule has 0 saturated heterocycles. The predicted octanol–water partition coefficient (Wildman–Crippen LogP) is 4.76. The van der Waals surface area contributed by atoms with Gasteiger partial charge in [-0.25, -0.2) is 0 Å².